The predicted molar refractivity (Wildman–Crippen MR) is 73.7 cm³/mol. The van der Waals surface area contributed by atoms with E-state index in [9.17, 15) is 9.59 Å². The SMILES string of the molecule is Cc1[nH]cc(NC(=O)CCc2ccncc2)c1C(=O)O. The molecular formula is C14H15N3O3. The van der Waals surface area contributed by atoms with Crippen molar-refractivity contribution in [2.24, 2.45) is 0 Å². The lowest BCUT2D eigenvalue weighted by Gasteiger charge is -2.05. The maximum absolute atomic E-state index is 11.8. The Labute approximate surface area is 115 Å². The number of carbonyl (C=O) groups is 2. The van der Waals surface area contributed by atoms with Gasteiger partial charge in [0.15, 0.2) is 0 Å². The van der Waals surface area contributed by atoms with E-state index < -0.39 is 5.97 Å². The molecule has 0 radical (unpaired) electrons. The van der Waals surface area contributed by atoms with Crippen molar-refractivity contribution in [2.75, 3.05) is 5.32 Å². The first-order valence-corrected chi connectivity index (χ1v) is 6.18. The van der Waals surface area contributed by atoms with E-state index in [2.05, 4.69) is 15.3 Å². The lowest BCUT2D eigenvalue weighted by Crippen LogP contribution is -2.14. The third-order valence-electron chi connectivity index (χ3n) is 2.96. The van der Waals surface area contributed by atoms with E-state index in [1.807, 2.05) is 12.1 Å². The van der Waals surface area contributed by atoms with Gasteiger partial charge in [0, 0.05) is 30.7 Å². The van der Waals surface area contributed by atoms with Crippen LogP contribution in [0.4, 0.5) is 5.69 Å². The zero-order chi connectivity index (χ0) is 14.5. The van der Waals surface area contributed by atoms with E-state index in [0.717, 1.165) is 5.56 Å². The summed E-state index contributed by atoms with van der Waals surface area (Å²) in [5.41, 5.74) is 1.93. The average Bonchev–Trinajstić information content (AvgIpc) is 2.78. The Balaban J connectivity index is 1.97. The molecule has 2 aromatic rings. The molecule has 0 bridgehead atoms. The van der Waals surface area contributed by atoms with Gasteiger partial charge in [-0.15, -0.1) is 0 Å². The van der Waals surface area contributed by atoms with E-state index in [1.165, 1.54) is 6.20 Å². The summed E-state index contributed by atoms with van der Waals surface area (Å²) in [5.74, 6) is -1.28. The van der Waals surface area contributed by atoms with Crippen molar-refractivity contribution in [2.45, 2.75) is 19.8 Å². The summed E-state index contributed by atoms with van der Waals surface area (Å²) in [4.78, 5) is 29.6. The third-order valence-corrected chi connectivity index (χ3v) is 2.96. The molecule has 6 nitrogen and oxygen atoms in total. The second-order valence-corrected chi connectivity index (χ2v) is 4.41. The van der Waals surface area contributed by atoms with Crippen LogP contribution in [0.3, 0.4) is 0 Å². The smallest absolute Gasteiger partial charge is 0.339 e. The number of nitrogens with one attached hydrogen (secondary N) is 2. The lowest BCUT2D eigenvalue weighted by molar-refractivity contribution is -0.116. The van der Waals surface area contributed by atoms with Crippen molar-refractivity contribution in [3.63, 3.8) is 0 Å². The van der Waals surface area contributed by atoms with Gasteiger partial charge in [-0.3, -0.25) is 9.78 Å². The molecule has 0 unspecified atom stereocenters. The first-order chi connectivity index (χ1) is 9.58. The Bertz CT molecular complexity index is 620. The number of carboxylic acids is 1. The molecule has 0 aliphatic carbocycles. The Morgan fingerprint density at radius 2 is 2.05 bits per heavy atom. The second-order valence-electron chi connectivity index (χ2n) is 4.41. The minimum Gasteiger partial charge on any atom is -0.478 e. The molecule has 20 heavy (non-hydrogen) atoms. The molecule has 2 rings (SSSR count). The molecule has 104 valence electrons. The molecule has 0 aliphatic rings. The highest BCUT2D eigenvalue weighted by Gasteiger charge is 2.16. The van der Waals surface area contributed by atoms with Gasteiger partial charge in [0.1, 0.15) is 5.56 Å². The quantitative estimate of drug-likeness (QED) is 0.776. The zero-order valence-electron chi connectivity index (χ0n) is 11.0. The molecule has 1 amide bonds. The summed E-state index contributed by atoms with van der Waals surface area (Å²) in [6, 6.07) is 3.69. The monoisotopic (exact) mass is 273 g/mol. The van der Waals surface area contributed by atoms with Crippen molar-refractivity contribution in [3.05, 3.63) is 47.5 Å². The average molecular weight is 273 g/mol. The fraction of sp³-hybridized carbons (Fsp3) is 0.214. The van der Waals surface area contributed by atoms with Crippen LogP contribution in [0.5, 0.6) is 0 Å². The summed E-state index contributed by atoms with van der Waals surface area (Å²) in [6.07, 6.45) is 5.70. The van der Waals surface area contributed by atoms with Gasteiger partial charge in [-0.25, -0.2) is 4.79 Å². The first-order valence-electron chi connectivity index (χ1n) is 6.18. The number of amides is 1. The number of nitrogens with zero attached hydrogens (tertiary/aromatic N) is 1. The normalized spacial score (nSPS) is 10.2. The summed E-state index contributed by atoms with van der Waals surface area (Å²) in [7, 11) is 0. The van der Waals surface area contributed by atoms with Crippen LogP contribution in [-0.2, 0) is 11.2 Å². The van der Waals surface area contributed by atoms with Gasteiger partial charge in [0.05, 0.1) is 5.69 Å². The number of carboxylic acid groups (broad SMARTS) is 1. The van der Waals surface area contributed by atoms with Crippen LogP contribution in [0, 0.1) is 6.92 Å². The van der Waals surface area contributed by atoms with E-state index in [4.69, 9.17) is 5.11 Å². The molecule has 0 fully saturated rings. The molecular weight excluding hydrogens is 258 g/mol. The summed E-state index contributed by atoms with van der Waals surface area (Å²) in [5, 5.41) is 11.7. The molecule has 0 saturated heterocycles. The Kier molecular flexibility index (Phi) is 4.14. The summed E-state index contributed by atoms with van der Waals surface area (Å²) < 4.78 is 0. The van der Waals surface area contributed by atoms with Gasteiger partial charge >= 0.3 is 5.97 Å². The van der Waals surface area contributed by atoms with Crippen molar-refractivity contribution >= 4 is 17.6 Å². The Morgan fingerprint density at radius 3 is 2.70 bits per heavy atom. The van der Waals surface area contributed by atoms with E-state index >= 15 is 0 Å². The molecule has 3 N–H and O–H groups in total. The molecule has 0 atom stereocenters. The number of aromatic carboxylic acids is 1. The van der Waals surface area contributed by atoms with Crippen molar-refractivity contribution in [3.8, 4) is 0 Å². The van der Waals surface area contributed by atoms with Gasteiger partial charge < -0.3 is 15.4 Å². The highest BCUT2D eigenvalue weighted by molar-refractivity contribution is 6.01. The number of aryl methyl sites for hydroxylation is 2. The van der Waals surface area contributed by atoms with Crippen LogP contribution >= 0.6 is 0 Å². The highest BCUT2D eigenvalue weighted by Crippen LogP contribution is 2.19. The van der Waals surface area contributed by atoms with Crippen LogP contribution < -0.4 is 5.32 Å². The summed E-state index contributed by atoms with van der Waals surface area (Å²) in [6.45, 7) is 1.65. The second kappa shape index (κ2) is 6.01. The molecule has 0 aliphatic heterocycles. The third kappa shape index (κ3) is 3.23. The molecule has 0 spiro atoms. The number of hydrogen-bond acceptors (Lipinski definition) is 3. The standard InChI is InChI=1S/C14H15N3O3/c1-9-13(14(19)20)11(8-16-9)17-12(18)3-2-10-4-6-15-7-5-10/h4-8,16H,2-3H2,1H3,(H,17,18)(H,19,20). The molecule has 0 aromatic carbocycles. The van der Waals surface area contributed by atoms with Crippen molar-refractivity contribution in [1.82, 2.24) is 9.97 Å². The van der Waals surface area contributed by atoms with Crippen LogP contribution in [0.1, 0.15) is 28.0 Å². The first kappa shape index (κ1) is 13.8. The number of H-pyrrole nitrogens is 1. The number of aromatic amines is 1. The number of carbonyl (C=O) groups excluding carboxylic acids is 1. The van der Waals surface area contributed by atoms with Gasteiger partial charge in [-0.2, -0.15) is 0 Å². The van der Waals surface area contributed by atoms with Crippen molar-refractivity contribution in [1.29, 1.82) is 0 Å². The minimum absolute atomic E-state index is 0.0993. The van der Waals surface area contributed by atoms with E-state index in [-0.39, 0.29) is 17.9 Å². The predicted octanol–water partition coefficient (Wildman–Crippen LogP) is 1.99. The maximum Gasteiger partial charge on any atom is 0.339 e. The Hall–Kier alpha value is -2.63. The van der Waals surface area contributed by atoms with Gasteiger partial charge in [0.25, 0.3) is 0 Å². The zero-order valence-corrected chi connectivity index (χ0v) is 11.0. The number of aromatic nitrogens is 2. The molecule has 2 aromatic heterocycles. The highest BCUT2D eigenvalue weighted by atomic mass is 16.4. The van der Waals surface area contributed by atoms with Gasteiger partial charge in [-0.05, 0) is 31.0 Å². The largest absolute Gasteiger partial charge is 0.478 e. The van der Waals surface area contributed by atoms with Crippen molar-refractivity contribution < 1.29 is 14.7 Å². The van der Waals surface area contributed by atoms with Gasteiger partial charge in [-0.1, -0.05) is 0 Å². The fourth-order valence-corrected chi connectivity index (χ4v) is 1.92. The lowest BCUT2D eigenvalue weighted by atomic mass is 10.1. The van der Waals surface area contributed by atoms with E-state index in [1.54, 1.807) is 19.3 Å². The summed E-state index contributed by atoms with van der Waals surface area (Å²) >= 11 is 0. The molecule has 0 saturated carbocycles. The topological polar surface area (TPSA) is 95.1 Å². The van der Waals surface area contributed by atoms with Crippen LogP contribution in [-0.4, -0.2) is 27.0 Å². The Morgan fingerprint density at radius 1 is 1.35 bits per heavy atom. The van der Waals surface area contributed by atoms with Crippen LogP contribution in [0.15, 0.2) is 30.7 Å². The minimum atomic E-state index is -1.06. The number of pyridine rings is 1. The van der Waals surface area contributed by atoms with Gasteiger partial charge in [0.2, 0.25) is 5.91 Å². The number of anilines is 1. The molecule has 2 heterocycles. The maximum atomic E-state index is 11.8. The van der Waals surface area contributed by atoms with Crippen LogP contribution in [0.25, 0.3) is 0 Å². The van der Waals surface area contributed by atoms with Crippen LogP contribution in [0.2, 0.25) is 0 Å². The van der Waals surface area contributed by atoms with E-state index in [0.29, 0.717) is 17.8 Å². The number of hydrogen-bond donors (Lipinski definition) is 3. The number of rotatable bonds is 5. The molecule has 6 heteroatoms. The fourth-order valence-electron chi connectivity index (χ4n) is 1.92.